The third-order valence-corrected chi connectivity index (χ3v) is 13.1. The molecule has 3 aromatic heterocycles. The van der Waals surface area contributed by atoms with E-state index in [1.165, 1.54) is 43.2 Å². The average Bonchev–Trinajstić information content (AvgIpc) is 3.94. The molecule has 284 valence electrons. The van der Waals surface area contributed by atoms with Gasteiger partial charge in [0.25, 0.3) is 0 Å². The molecule has 2 unspecified atom stereocenters. The van der Waals surface area contributed by atoms with Crippen molar-refractivity contribution in [2.75, 3.05) is 5.32 Å². The number of allylic oxidation sites excluding steroid dienone is 4. The second-order valence-electron chi connectivity index (χ2n) is 16.6. The maximum Gasteiger partial charge on any atom is 0.244 e. The SMILES string of the molecule is CC12C=c3c(n(-c4cc(C5Nc6c(oc7ccccc67)N=C5c5cccc6c5c5ccccc5n6-c5ccccc5)cc5ccccc45)c4ccccc34)=CC1=CC=CC2. The Kier molecular flexibility index (Phi) is 6.91. The van der Waals surface area contributed by atoms with Crippen LogP contribution in [0.3, 0.4) is 0 Å². The van der Waals surface area contributed by atoms with Crippen LogP contribution in [-0.4, -0.2) is 14.8 Å². The van der Waals surface area contributed by atoms with Gasteiger partial charge in [0.05, 0.1) is 39.3 Å². The number of benzene rings is 7. The van der Waals surface area contributed by atoms with Gasteiger partial charge in [0.15, 0.2) is 0 Å². The fourth-order valence-electron chi connectivity index (χ4n) is 10.3. The van der Waals surface area contributed by atoms with Crippen molar-refractivity contribution in [3.8, 4) is 11.4 Å². The summed E-state index contributed by atoms with van der Waals surface area (Å²) in [7, 11) is 0. The molecular formula is C55H38N4O. The summed E-state index contributed by atoms with van der Waals surface area (Å²) in [5.74, 6) is 0.598. The van der Waals surface area contributed by atoms with Crippen LogP contribution in [0, 0.1) is 5.41 Å². The molecule has 4 heterocycles. The van der Waals surface area contributed by atoms with Crippen LogP contribution in [0.1, 0.15) is 30.5 Å². The Morgan fingerprint density at radius 2 is 1.40 bits per heavy atom. The highest BCUT2D eigenvalue weighted by molar-refractivity contribution is 6.24. The summed E-state index contributed by atoms with van der Waals surface area (Å²) in [5.41, 5.74) is 11.9. The third-order valence-electron chi connectivity index (χ3n) is 13.1. The number of aliphatic imine (C=N–C) groups is 1. The molecule has 2 atom stereocenters. The first kappa shape index (κ1) is 33.4. The first-order valence-electron chi connectivity index (χ1n) is 20.8. The van der Waals surface area contributed by atoms with Crippen molar-refractivity contribution in [3.05, 3.63) is 203 Å². The van der Waals surface area contributed by atoms with Crippen LogP contribution < -0.4 is 15.9 Å². The molecule has 0 fully saturated rings. The highest BCUT2D eigenvalue weighted by atomic mass is 16.3. The van der Waals surface area contributed by atoms with Crippen molar-refractivity contribution in [1.82, 2.24) is 9.13 Å². The number of fused-ring (bicyclic) bond motifs is 11. The molecule has 10 aromatic rings. The molecule has 5 heteroatoms. The van der Waals surface area contributed by atoms with E-state index in [4.69, 9.17) is 9.41 Å². The molecular weight excluding hydrogens is 733 g/mol. The maximum absolute atomic E-state index is 6.54. The number of rotatable bonds is 4. The zero-order valence-electron chi connectivity index (χ0n) is 32.9. The average molecular weight is 771 g/mol. The first-order chi connectivity index (χ1) is 29.6. The monoisotopic (exact) mass is 770 g/mol. The van der Waals surface area contributed by atoms with Gasteiger partial charge in [-0.15, -0.1) is 0 Å². The van der Waals surface area contributed by atoms with Crippen molar-refractivity contribution in [2.24, 2.45) is 10.4 Å². The van der Waals surface area contributed by atoms with Gasteiger partial charge in [-0.1, -0.05) is 134 Å². The number of furan rings is 1. The van der Waals surface area contributed by atoms with E-state index >= 15 is 0 Å². The summed E-state index contributed by atoms with van der Waals surface area (Å²) in [6, 6.07) is 56.4. The normalized spacial score (nSPS) is 18.1. The summed E-state index contributed by atoms with van der Waals surface area (Å²) >= 11 is 0. The van der Waals surface area contributed by atoms with E-state index in [1.807, 2.05) is 12.1 Å². The molecule has 0 amide bonds. The Morgan fingerprint density at radius 1 is 0.683 bits per heavy atom. The first-order valence-corrected chi connectivity index (χ1v) is 20.8. The maximum atomic E-state index is 6.54. The predicted molar refractivity (Wildman–Crippen MR) is 248 cm³/mol. The molecule has 1 aliphatic heterocycles. The Labute approximate surface area is 345 Å². The van der Waals surface area contributed by atoms with Crippen LogP contribution >= 0.6 is 0 Å². The number of nitrogens with zero attached hydrogens (tertiary/aromatic N) is 3. The summed E-state index contributed by atoms with van der Waals surface area (Å²) in [6.45, 7) is 2.37. The number of nitrogens with one attached hydrogen (secondary N) is 1. The molecule has 5 nitrogen and oxygen atoms in total. The molecule has 7 aromatic carbocycles. The van der Waals surface area contributed by atoms with E-state index in [9.17, 15) is 0 Å². The second kappa shape index (κ2) is 12.4. The fourth-order valence-corrected chi connectivity index (χ4v) is 10.3. The van der Waals surface area contributed by atoms with Gasteiger partial charge in [-0.3, -0.25) is 0 Å². The van der Waals surface area contributed by atoms with Gasteiger partial charge in [-0.25, -0.2) is 4.99 Å². The Balaban J connectivity index is 1.11. The lowest BCUT2D eigenvalue weighted by Crippen LogP contribution is -2.37. The van der Waals surface area contributed by atoms with Gasteiger partial charge < -0.3 is 18.9 Å². The van der Waals surface area contributed by atoms with E-state index in [1.54, 1.807) is 0 Å². The third kappa shape index (κ3) is 4.71. The standard InChI is InChI=1S/C55H38N4O/c1-55-29-14-13-17-36(55)32-48-43(33-55)39-21-7-10-25-44(39)59(48)47-31-35(30-34-16-5-6-20-38(34)47)51-52(57-54-53(56-51)41-23-9-12-28-49(41)60-54)42-24-15-27-46-50(42)40-22-8-11-26-45(40)58(46)37-18-3-2-4-19-37/h2-28,30-33,51,56H,29H2,1H3. The zero-order chi connectivity index (χ0) is 39.5. The number of hydrogen-bond acceptors (Lipinski definition) is 3. The quantitative estimate of drug-likeness (QED) is 0.194. The highest BCUT2D eigenvalue weighted by Gasteiger charge is 2.33. The zero-order valence-corrected chi connectivity index (χ0v) is 32.9. The Bertz CT molecular complexity index is 3690. The van der Waals surface area contributed by atoms with Gasteiger partial charge in [0, 0.05) is 48.8 Å². The predicted octanol–water partition coefficient (Wildman–Crippen LogP) is 12.4. The van der Waals surface area contributed by atoms with Crippen LogP contribution in [0.4, 0.5) is 11.6 Å². The number of anilines is 1. The van der Waals surface area contributed by atoms with Crippen molar-refractivity contribution in [1.29, 1.82) is 0 Å². The van der Waals surface area contributed by atoms with E-state index in [0.29, 0.717) is 5.88 Å². The van der Waals surface area contributed by atoms with Gasteiger partial charge >= 0.3 is 0 Å². The lowest BCUT2D eigenvalue weighted by Gasteiger charge is -2.30. The van der Waals surface area contributed by atoms with Crippen molar-refractivity contribution >= 4 is 83.9 Å². The van der Waals surface area contributed by atoms with Crippen molar-refractivity contribution in [3.63, 3.8) is 0 Å². The van der Waals surface area contributed by atoms with Gasteiger partial charge in [-0.05, 0) is 83.6 Å². The van der Waals surface area contributed by atoms with E-state index in [-0.39, 0.29) is 11.5 Å². The molecule has 1 N–H and O–H groups in total. The van der Waals surface area contributed by atoms with Crippen LogP contribution in [0.25, 0.3) is 78.0 Å². The van der Waals surface area contributed by atoms with Crippen LogP contribution in [0.15, 0.2) is 191 Å². The lowest BCUT2D eigenvalue weighted by atomic mass is 9.74. The molecule has 60 heavy (non-hydrogen) atoms. The minimum atomic E-state index is -0.311. The topological polar surface area (TPSA) is 47.4 Å². The summed E-state index contributed by atoms with van der Waals surface area (Å²) in [5, 5.41) is 13.5. The lowest BCUT2D eigenvalue weighted by molar-refractivity contribution is 0.569. The number of para-hydroxylation sites is 4. The molecule has 2 aliphatic carbocycles. The molecule has 13 rings (SSSR count). The van der Waals surface area contributed by atoms with Crippen LogP contribution in [-0.2, 0) is 0 Å². The highest BCUT2D eigenvalue weighted by Crippen LogP contribution is 2.46. The Hall–Kier alpha value is -7.63. The van der Waals surface area contributed by atoms with E-state index < -0.39 is 0 Å². The minimum Gasteiger partial charge on any atom is -0.436 e. The smallest absolute Gasteiger partial charge is 0.244 e. The summed E-state index contributed by atoms with van der Waals surface area (Å²) in [6.07, 6.45) is 12.7. The Morgan fingerprint density at radius 3 is 2.27 bits per heavy atom. The molecule has 0 bridgehead atoms. The summed E-state index contributed by atoms with van der Waals surface area (Å²) < 4.78 is 11.4. The minimum absolute atomic E-state index is 0.0479. The molecule has 0 radical (unpaired) electrons. The van der Waals surface area contributed by atoms with Gasteiger partial charge in [-0.2, -0.15) is 0 Å². The van der Waals surface area contributed by atoms with Crippen molar-refractivity contribution in [2.45, 2.75) is 19.4 Å². The summed E-state index contributed by atoms with van der Waals surface area (Å²) in [4.78, 5) is 5.54. The van der Waals surface area contributed by atoms with E-state index in [2.05, 4.69) is 197 Å². The molecule has 0 saturated heterocycles. The molecule has 0 saturated carbocycles. The number of hydrogen-bond donors (Lipinski definition) is 1. The van der Waals surface area contributed by atoms with Crippen LogP contribution in [0.2, 0.25) is 0 Å². The van der Waals surface area contributed by atoms with Gasteiger partial charge in [0.2, 0.25) is 5.88 Å². The van der Waals surface area contributed by atoms with Crippen LogP contribution in [0.5, 0.6) is 0 Å². The van der Waals surface area contributed by atoms with Gasteiger partial charge in [0.1, 0.15) is 11.3 Å². The van der Waals surface area contributed by atoms with Crippen molar-refractivity contribution < 1.29 is 4.42 Å². The second-order valence-corrected chi connectivity index (χ2v) is 16.6. The largest absolute Gasteiger partial charge is 0.436 e. The molecule has 0 spiro atoms. The fraction of sp³-hybridized carbons (Fsp3) is 0.0727. The van der Waals surface area contributed by atoms with E-state index in [0.717, 1.165) is 67.7 Å². The molecule has 3 aliphatic rings. The number of aromatic nitrogens is 2.